The molecule has 0 spiro atoms. The number of ether oxygens (including phenoxy) is 1. The van der Waals surface area contributed by atoms with E-state index in [0.717, 1.165) is 18.2 Å². The number of thiophene rings is 2. The molecular formula is C18H30O5S2Si. The van der Waals surface area contributed by atoms with Gasteiger partial charge in [0.2, 0.25) is 0 Å². The lowest BCUT2D eigenvalue weighted by Gasteiger charge is -2.01. The molecule has 2 rings (SSSR count). The van der Waals surface area contributed by atoms with Gasteiger partial charge in [0.1, 0.15) is 0 Å². The summed E-state index contributed by atoms with van der Waals surface area (Å²) in [4.78, 5) is 20.7. The van der Waals surface area contributed by atoms with Crippen LogP contribution in [0.4, 0.5) is 0 Å². The van der Waals surface area contributed by atoms with Gasteiger partial charge in [0.25, 0.3) is 0 Å². The molecule has 148 valence electrons. The minimum atomic E-state index is -0.770. The molecule has 0 saturated heterocycles. The number of aliphatic hydroxyl groups excluding tert-OH is 1. The minimum absolute atomic E-state index is 0.142. The lowest BCUT2D eigenvalue weighted by Crippen LogP contribution is -2.10. The summed E-state index contributed by atoms with van der Waals surface area (Å²) in [5.41, 5.74) is 1.91. The maximum atomic E-state index is 10.7. The van der Waals surface area contributed by atoms with Gasteiger partial charge in [0.15, 0.2) is 0 Å². The Morgan fingerprint density at radius 2 is 1.35 bits per heavy atom. The summed E-state index contributed by atoms with van der Waals surface area (Å²) in [6, 6.07) is 3.74. The number of carboxylic acids is 1. The summed E-state index contributed by atoms with van der Waals surface area (Å²) in [6.45, 7) is 9.31. The molecule has 8 heteroatoms. The number of hydrogen-bond donors (Lipinski definition) is 2. The fourth-order valence-corrected chi connectivity index (χ4v) is 2.54. The Bertz CT molecular complexity index is 569. The van der Waals surface area contributed by atoms with E-state index < -0.39 is 14.0 Å². The SMILES string of the molecule is CO.COC(=O)Cc1ccsc1.C[Si](C)(C)C.O=C(O)Cc1ccsc1. The van der Waals surface area contributed by atoms with E-state index in [-0.39, 0.29) is 12.4 Å². The minimum Gasteiger partial charge on any atom is -0.481 e. The highest BCUT2D eigenvalue weighted by atomic mass is 32.1. The van der Waals surface area contributed by atoms with Crippen molar-refractivity contribution >= 4 is 42.7 Å². The van der Waals surface area contributed by atoms with Crippen molar-refractivity contribution in [1.29, 1.82) is 0 Å². The lowest BCUT2D eigenvalue weighted by molar-refractivity contribution is -0.140. The third-order valence-electron chi connectivity index (χ3n) is 2.09. The highest BCUT2D eigenvalue weighted by molar-refractivity contribution is 7.08. The van der Waals surface area contributed by atoms with E-state index >= 15 is 0 Å². The van der Waals surface area contributed by atoms with Crippen molar-refractivity contribution in [2.24, 2.45) is 0 Å². The van der Waals surface area contributed by atoms with Crippen molar-refractivity contribution < 1.29 is 24.5 Å². The number of carbonyl (C=O) groups is 2. The van der Waals surface area contributed by atoms with Crippen LogP contribution in [-0.4, -0.2) is 44.4 Å². The zero-order valence-electron chi connectivity index (χ0n) is 16.3. The highest BCUT2D eigenvalue weighted by Gasteiger charge is 2.01. The van der Waals surface area contributed by atoms with Crippen molar-refractivity contribution in [3.05, 3.63) is 44.8 Å². The summed E-state index contributed by atoms with van der Waals surface area (Å²) in [5.74, 6) is -0.952. The average molecular weight is 419 g/mol. The van der Waals surface area contributed by atoms with Gasteiger partial charge in [-0.25, -0.2) is 0 Å². The number of aliphatic hydroxyl groups is 1. The molecule has 0 amide bonds. The Labute approximate surface area is 165 Å². The van der Waals surface area contributed by atoms with Gasteiger partial charge < -0.3 is 14.9 Å². The Kier molecular flexibility index (Phi) is 16.2. The van der Waals surface area contributed by atoms with Crippen LogP contribution >= 0.6 is 22.7 Å². The van der Waals surface area contributed by atoms with Gasteiger partial charge >= 0.3 is 11.9 Å². The lowest BCUT2D eigenvalue weighted by atomic mass is 10.2. The molecule has 0 aliphatic heterocycles. The van der Waals surface area contributed by atoms with Crippen LogP contribution in [0, 0.1) is 0 Å². The highest BCUT2D eigenvalue weighted by Crippen LogP contribution is 2.07. The van der Waals surface area contributed by atoms with Crippen molar-refractivity contribution in [3.63, 3.8) is 0 Å². The summed E-state index contributed by atoms with van der Waals surface area (Å²) in [5, 5.41) is 22.9. The maximum absolute atomic E-state index is 10.7. The van der Waals surface area contributed by atoms with Crippen LogP contribution in [0.5, 0.6) is 0 Å². The quantitative estimate of drug-likeness (QED) is 0.568. The van der Waals surface area contributed by atoms with Crippen LogP contribution in [0.1, 0.15) is 11.1 Å². The Hall–Kier alpha value is -1.48. The second kappa shape index (κ2) is 15.7. The topological polar surface area (TPSA) is 83.8 Å². The molecular weight excluding hydrogens is 388 g/mol. The molecule has 5 nitrogen and oxygen atoms in total. The van der Waals surface area contributed by atoms with E-state index in [1.807, 2.05) is 33.7 Å². The van der Waals surface area contributed by atoms with Crippen LogP contribution in [0.3, 0.4) is 0 Å². The molecule has 0 fully saturated rings. The molecule has 0 bridgehead atoms. The van der Waals surface area contributed by atoms with Gasteiger partial charge in [-0.3, -0.25) is 9.59 Å². The number of carbonyl (C=O) groups excluding carboxylic acids is 1. The monoisotopic (exact) mass is 418 g/mol. The maximum Gasteiger partial charge on any atom is 0.310 e. The largest absolute Gasteiger partial charge is 0.481 e. The van der Waals surface area contributed by atoms with E-state index in [9.17, 15) is 9.59 Å². The molecule has 2 aromatic rings. The van der Waals surface area contributed by atoms with E-state index in [1.54, 1.807) is 11.3 Å². The zero-order valence-corrected chi connectivity index (χ0v) is 18.9. The Morgan fingerprint density at radius 1 is 0.962 bits per heavy atom. The van der Waals surface area contributed by atoms with E-state index in [0.29, 0.717) is 6.42 Å². The van der Waals surface area contributed by atoms with Gasteiger partial charge in [-0.15, -0.1) is 0 Å². The average Bonchev–Trinajstić information content (AvgIpc) is 3.21. The zero-order chi connectivity index (χ0) is 20.6. The predicted molar refractivity (Wildman–Crippen MR) is 113 cm³/mol. The molecule has 0 radical (unpaired) electrons. The first-order chi connectivity index (χ1) is 12.1. The number of esters is 1. The van der Waals surface area contributed by atoms with Gasteiger partial charge in [0.05, 0.1) is 20.0 Å². The van der Waals surface area contributed by atoms with Crippen molar-refractivity contribution in [3.8, 4) is 0 Å². The fourth-order valence-electron chi connectivity index (χ4n) is 1.20. The molecule has 0 unspecified atom stereocenters. The molecule has 0 atom stereocenters. The number of methoxy groups -OCH3 is 1. The Balaban J connectivity index is 0. The summed E-state index contributed by atoms with van der Waals surface area (Å²) >= 11 is 3.10. The molecule has 0 aliphatic carbocycles. The Morgan fingerprint density at radius 3 is 1.62 bits per heavy atom. The molecule has 2 N–H and O–H groups in total. The normalized spacial score (nSPS) is 9.35. The molecule has 2 aromatic heterocycles. The first-order valence-corrected chi connectivity index (χ1v) is 13.8. The van der Waals surface area contributed by atoms with Gasteiger partial charge in [-0.1, -0.05) is 26.2 Å². The van der Waals surface area contributed by atoms with E-state index in [2.05, 4.69) is 30.9 Å². The third kappa shape index (κ3) is 20.6. The first kappa shape index (κ1) is 26.7. The van der Waals surface area contributed by atoms with Crippen LogP contribution in [-0.2, 0) is 27.2 Å². The summed E-state index contributed by atoms with van der Waals surface area (Å²) in [7, 11) is 1.79. The van der Waals surface area contributed by atoms with Gasteiger partial charge in [-0.05, 0) is 44.8 Å². The van der Waals surface area contributed by atoms with Gasteiger partial charge in [-0.2, -0.15) is 22.7 Å². The van der Waals surface area contributed by atoms with E-state index in [1.165, 1.54) is 18.4 Å². The molecule has 26 heavy (non-hydrogen) atoms. The molecule has 0 saturated carbocycles. The number of rotatable bonds is 4. The number of hydrogen-bond acceptors (Lipinski definition) is 6. The van der Waals surface area contributed by atoms with Crippen LogP contribution in [0.2, 0.25) is 26.2 Å². The summed E-state index contributed by atoms with van der Waals surface area (Å²) in [6.07, 6.45) is 0.531. The second-order valence-electron chi connectivity index (χ2n) is 6.59. The molecule has 2 heterocycles. The summed E-state index contributed by atoms with van der Waals surface area (Å²) < 4.78 is 4.49. The van der Waals surface area contributed by atoms with Gasteiger partial charge in [0, 0.05) is 15.2 Å². The predicted octanol–water partition coefficient (Wildman–Crippen LogP) is 4.40. The fraction of sp³-hybridized carbons (Fsp3) is 0.444. The van der Waals surface area contributed by atoms with Crippen LogP contribution < -0.4 is 0 Å². The third-order valence-corrected chi connectivity index (χ3v) is 3.56. The van der Waals surface area contributed by atoms with Crippen molar-refractivity contribution in [2.75, 3.05) is 14.2 Å². The first-order valence-electron chi connectivity index (χ1n) is 7.87. The molecule has 0 aliphatic rings. The van der Waals surface area contributed by atoms with Crippen molar-refractivity contribution in [1.82, 2.24) is 0 Å². The smallest absolute Gasteiger partial charge is 0.310 e. The number of carboxylic acid groups (broad SMARTS) is 1. The molecule has 0 aromatic carbocycles. The number of aliphatic carboxylic acids is 1. The standard InChI is InChI=1S/C7H8O2S.C6H6O2S.C4H12Si.CH4O/c1-9-7(8)4-6-2-3-10-5-6;7-6(8)3-5-1-2-9-4-5;1-5(2,3)4;1-2/h2-3,5H,4H2,1H3;1-2,4H,3H2,(H,7,8);1-4H3;2H,1H3. The van der Waals surface area contributed by atoms with E-state index in [4.69, 9.17) is 10.2 Å². The van der Waals surface area contributed by atoms with Crippen LogP contribution in [0.25, 0.3) is 0 Å². The van der Waals surface area contributed by atoms with Crippen molar-refractivity contribution in [2.45, 2.75) is 39.0 Å². The second-order valence-corrected chi connectivity index (χ2v) is 14.1. The van der Waals surface area contributed by atoms with Crippen LogP contribution in [0.15, 0.2) is 33.7 Å².